The van der Waals surface area contributed by atoms with E-state index in [1.165, 1.54) is 44.7 Å². The summed E-state index contributed by atoms with van der Waals surface area (Å²) in [6.07, 6.45) is 3.41. The summed E-state index contributed by atoms with van der Waals surface area (Å²) >= 11 is 0. The first-order chi connectivity index (χ1) is 15.9. The molecule has 1 amide bonds. The molecule has 1 heterocycles. The average Bonchev–Trinajstić information content (AvgIpc) is 3.64. The van der Waals surface area contributed by atoms with E-state index >= 15 is 0 Å². The number of ether oxygens (including phenoxy) is 3. The van der Waals surface area contributed by atoms with Gasteiger partial charge in [-0.2, -0.15) is 0 Å². The van der Waals surface area contributed by atoms with Crippen molar-refractivity contribution >= 4 is 21.6 Å². The highest BCUT2D eigenvalue weighted by molar-refractivity contribution is 7.92. The molecular formula is C23H23N3O6S. The summed E-state index contributed by atoms with van der Waals surface area (Å²) in [5, 5.41) is 2.93. The number of rotatable bonds is 9. The molecular weight excluding hydrogens is 446 g/mol. The largest absolute Gasteiger partial charge is 0.493 e. The summed E-state index contributed by atoms with van der Waals surface area (Å²) in [6.45, 7) is 0. The fourth-order valence-corrected chi connectivity index (χ4v) is 4.05. The number of carbonyl (C=O) groups is 1. The Hall–Kier alpha value is -3.79. The summed E-state index contributed by atoms with van der Waals surface area (Å²) in [7, 11) is -0.961. The maximum atomic E-state index is 12.7. The minimum Gasteiger partial charge on any atom is -0.493 e. The Morgan fingerprint density at radius 1 is 0.970 bits per heavy atom. The number of hydrogen-bond acceptors (Lipinski definition) is 7. The van der Waals surface area contributed by atoms with Crippen molar-refractivity contribution in [2.75, 3.05) is 18.9 Å². The minimum atomic E-state index is -3.86. The number of nitrogens with one attached hydrogen (secondary N) is 2. The molecule has 2 N–H and O–H groups in total. The zero-order valence-corrected chi connectivity index (χ0v) is 18.9. The first-order valence-corrected chi connectivity index (χ1v) is 11.7. The molecule has 0 radical (unpaired) electrons. The number of carbonyl (C=O) groups excluding carboxylic acids is 1. The number of sulfonamides is 1. The third-order valence-corrected chi connectivity index (χ3v) is 6.28. The smallest absolute Gasteiger partial charge is 0.262 e. The van der Waals surface area contributed by atoms with Gasteiger partial charge in [0.15, 0.2) is 11.5 Å². The monoisotopic (exact) mass is 469 g/mol. The fourth-order valence-electron chi connectivity index (χ4n) is 2.99. The van der Waals surface area contributed by atoms with E-state index in [0.717, 1.165) is 12.8 Å². The van der Waals surface area contributed by atoms with Crippen LogP contribution >= 0.6 is 0 Å². The van der Waals surface area contributed by atoms with Gasteiger partial charge in [0.25, 0.3) is 15.9 Å². The predicted molar refractivity (Wildman–Crippen MR) is 122 cm³/mol. The molecule has 1 aliphatic carbocycles. The van der Waals surface area contributed by atoms with Crippen LogP contribution in [0.5, 0.6) is 23.1 Å². The van der Waals surface area contributed by atoms with Crippen molar-refractivity contribution in [1.29, 1.82) is 0 Å². The average molecular weight is 470 g/mol. The molecule has 4 rings (SSSR count). The zero-order chi connectivity index (χ0) is 23.4. The molecule has 0 aliphatic heterocycles. The molecule has 0 saturated heterocycles. The topological polar surface area (TPSA) is 116 Å². The van der Waals surface area contributed by atoms with Crippen LogP contribution in [0.15, 0.2) is 65.7 Å². The number of aromatic nitrogens is 1. The maximum absolute atomic E-state index is 12.7. The molecule has 0 spiro atoms. The normalized spacial score (nSPS) is 13.2. The molecule has 1 aromatic heterocycles. The molecule has 1 saturated carbocycles. The quantitative estimate of drug-likeness (QED) is 0.492. The number of amides is 1. The SMILES string of the molecule is COc1ccc(S(=O)(=O)Nc2ccc(Oc3ccc(C(=O)NC4CC4)cc3)nc2)cc1OC. The lowest BCUT2D eigenvalue weighted by Crippen LogP contribution is -2.25. The molecule has 1 aliphatic rings. The second-order valence-electron chi connectivity index (χ2n) is 7.38. The van der Waals surface area contributed by atoms with Gasteiger partial charge in [-0.05, 0) is 55.3 Å². The zero-order valence-electron chi connectivity index (χ0n) is 18.1. The van der Waals surface area contributed by atoms with Crippen LogP contribution in [0.4, 0.5) is 5.69 Å². The van der Waals surface area contributed by atoms with Gasteiger partial charge in [0.1, 0.15) is 5.75 Å². The first-order valence-electron chi connectivity index (χ1n) is 10.2. The lowest BCUT2D eigenvalue weighted by Gasteiger charge is -2.12. The van der Waals surface area contributed by atoms with Crippen LogP contribution in [-0.2, 0) is 10.0 Å². The van der Waals surface area contributed by atoms with Gasteiger partial charge in [0.2, 0.25) is 5.88 Å². The van der Waals surface area contributed by atoms with E-state index in [0.29, 0.717) is 28.9 Å². The Morgan fingerprint density at radius 2 is 1.70 bits per heavy atom. The molecule has 2 aromatic carbocycles. The van der Waals surface area contributed by atoms with Crippen LogP contribution < -0.4 is 24.2 Å². The molecule has 10 heteroatoms. The Labute approximate surface area is 191 Å². The van der Waals surface area contributed by atoms with Crippen molar-refractivity contribution in [1.82, 2.24) is 10.3 Å². The second kappa shape index (κ2) is 9.37. The number of methoxy groups -OCH3 is 2. The van der Waals surface area contributed by atoms with E-state index < -0.39 is 10.0 Å². The van der Waals surface area contributed by atoms with Gasteiger partial charge in [-0.1, -0.05) is 0 Å². The Bertz CT molecular complexity index is 1240. The third-order valence-electron chi connectivity index (χ3n) is 4.91. The van der Waals surface area contributed by atoms with Gasteiger partial charge >= 0.3 is 0 Å². The molecule has 0 atom stereocenters. The van der Waals surface area contributed by atoms with Gasteiger partial charge in [0.05, 0.1) is 31.0 Å². The summed E-state index contributed by atoms with van der Waals surface area (Å²) in [6, 6.07) is 14.4. The highest BCUT2D eigenvalue weighted by atomic mass is 32.2. The summed E-state index contributed by atoms with van der Waals surface area (Å²) in [4.78, 5) is 16.2. The molecule has 3 aromatic rings. The predicted octanol–water partition coefficient (Wildman–Crippen LogP) is 3.58. The van der Waals surface area contributed by atoms with Crippen LogP contribution in [0.2, 0.25) is 0 Å². The van der Waals surface area contributed by atoms with E-state index in [4.69, 9.17) is 14.2 Å². The van der Waals surface area contributed by atoms with Crippen molar-refractivity contribution < 1.29 is 27.4 Å². The summed E-state index contributed by atoms with van der Waals surface area (Å²) < 4.78 is 43.9. The van der Waals surface area contributed by atoms with E-state index in [9.17, 15) is 13.2 Å². The molecule has 9 nitrogen and oxygen atoms in total. The molecule has 0 bridgehead atoms. The van der Waals surface area contributed by atoms with Crippen molar-refractivity contribution in [2.45, 2.75) is 23.8 Å². The summed E-state index contributed by atoms with van der Waals surface area (Å²) in [5.74, 6) is 1.41. The molecule has 172 valence electrons. The number of hydrogen-bond donors (Lipinski definition) is 2. The van der Waals surface area contributed by atoms with Crippen molar-refractivity contribution in [3.05, 3.63) is 66.4 Å². The summed E-state index contributed by atoms with van der Waals surface area (Å²) in [5.41, 5.74) is 0.825. The van der Waals surface area contributed by atoms with Gasteiger partial charge in [-0.15, -0.1) is 0 Å². The molecule has 33 heavy (non-hydrogen) atoms. The van der Waals surface area contributed by atoms with Gasteiger partial charge in [0, 0.05) is 23.7 Å². The number of anilines is 1. The third kappa shape index (κ3) is 5.53. The molecule has 1 fully saturated rings. The Balaban J connectivity index is 1.40. The molecule has 0 unspecified atom stereocenters. The van der Waals surface area contributed by atoms with E-state index in [1.807, 2.05) is 0 Å². The van der Waals surface area contributed by atoms with Crippen LogP contribution in [0.3, 0.4) is 0 Å². The lowest BCUT2D eigenvalue weighted by molar-refractivity contribution is 0.0951. The van der Waals surface area contributed by atoms with Crippen LogP contribution in [-0.4, -0.2) is 39.6 Å². The van der Waals surface area contributed by atoms with E-state index in [2.05, 4.69) is 15.0 Å². The van der Waals surface area contributed by atoms with Gasteiger partial charge in [-0.25, -0.2) is 13.4 Å². The van der Waals surface area contributed by atoms with Crippen LogP contribution in [0.25, 0.3) is 0 Å². The van der Waals surface area contributed by atoms with Crippen molar-refractivity contribution in [2.24, 2.45) is 0 Å². The van der Waals surface area contributed by atoms with Gasteiger partial charge < -0.3 is 19.5 Å². The second-order valence-corrected chi connectivity index (χ2v) is 9.06. The Kier molecular flexibility index (Phi) is 6.36. The number of nitrogens with zero attached hydrogens (tertiary/aromatic N) is 1. The minimum absolute atomic E-state index is 0.0197. The first kappa shape index (κ1) is 22.4. The van der Waals surface area contributed by atoms with Gasteiger partial charge in [-0.3, -0.25) is 9.52 Å². The number of pyridine rings is 1. The van der Waals surface area contributed by atoms with Crippen molar-refractivity contribution in [3.63, 3.8) is 0 Å². The highest BCUT2D eigenvalue weighted by Gasteiger charge is 2.23. The van der Waals surface area contributed by atoms with Crippen molar-refractivity contribution in [3.8, 4) is 23.1 Å². The van der Waals surface area contributed by atoms with E-state index in [1.54, 1.807) is 30.3 Å². The fraction of sp³-hybridized carbons (Fsp3) is 0.217. The number of benzene rings is 2. The van der Waals surface area contributed by atoms with E-state index in [-0.39, 0.29) is 22.4 Å². The maximum Gasteiger partial charge on any atom is 0.262 e. The Morgan fingerprint density at radius 3 is 2.30 bits per heavy atom. The van der Waals surface area contributed by atoms with Crippen LogP contribution in [0, 0.1) is 0 Å². The standard InChI is InChI=1S/C23H23N3O6S/c1-30-20-11-10-19(13-21(20)31-2)33(28,29)26-17-7-12-22(24-14-17)32-18-8-3-15(4-9-18)23(27)25-16-5-6-16/h3-4,7-14,16,26H,5-6H2,1-2H3,(H,25,27). The highest BCUT2D eigenvalue weighted by Crippen LogP contribution is 2.30. The lowest BCUT2D eigenvalue weighted by atomic mass is 10.2. The van der Waals surface area contributed by atoms with Crippen LogP contribution in [0.1, 0.15) is 23.2 Å².